The first-order valence-electron chi connectivity index (χ1n) is 4.56. The monoisotopic (exact) mass is 235 g/mol. The fourth-order valence-electron chi connectivity index (χ4n) is 1.58. The predicted molar refractivity (Wildman–Crippen MR) is 56.2 cm³/mol. The fraction of sp³-hybridized carbons (Fsp3) is 0. The molecule has 0 aromatic heterocycles. The van der Waals surface area contributed by atoms with Crippen LogP contribution in [0.15, 0.2) is 48.5 Å². The van der Waals surface area contributed by atoms with Gasteiger partial charge in [0.15, 0.2) is 11.5 Å². The number of ether oxygens (including phenoxy) is 1. The molecule has 3 heteroatoms. The average Bonchev–Trinajstić information content (AvgIpc) is 2.26. The van der Waals surface area contributed by atoms with Crippen molar-refractivity contribution in [1.29, 1.82) is 0 Å². The van der Waals surface area contributed by atoms with Crippen LogP contribution in [0.2, 0.25) is 0 Å². The van der Waals surface area contributed by atoms with Crippen LogP contribution >= 0.6 is 0 Å². The Balaban J connectivity index is 0.000000853. The van der Waals surface area contributed by atoms with Crippen molar-refractivity contribution in [2.45, 2.75) is 0 Å². The molecule has 0 fully saturated rings. The van der Waals surface area contributed by atoms with Crippen LogP contribution in [0.1, 0.15) is 0 Å². The number of rotatable bonds is 0. The van der Waals surface area contributed by atoms with Crippen molar-refractivity contribution in [1.82, 2.24) is 0 Å². The molecule has 1 N–H and O–H groups in total. The number of hydrogen-bond donors (Lipinski definition) is 1. The van der Waals surface area contributed by atoms with Gasteiger partial charge >= 0.3 is 0 Å². The van der Waals surface area contributed by atoms with E-state index in [9.17, 15) is 0 Å². The molecule has 2 nitrogen and oxygen atoms in total. The minimum absolute atomic E-state index is 0. The van der Waals surface area contributed by atoms with E-state index >= 15 is 0 Å². The largest absolute Gasteiger partial charge is 0.453 e. The maximum absolute atomic E-state index is 5.71. The van der Waals surface area contributed by atoms with Crippen LogP contribution in [0.4, 0.5) is 11.4 Å². The van der Waals surface area contributed by atoms with Gasteiger partial charge in [-0.05, 0) is 24.3 Å². The maximum atomic E-state index is 5.71. The standard InChI is InChI=1S/C12H9NO.Cr/c1-3-7-11-9(5-1)13-10-6-2-4-8-12(10)14-11;/h1-8,13H;. The van der Waals surface area contributed by atoms with Gasteiger partial charge in [0.25, 0.3) is 0 Å². The molecule has 0 aliphatic carbocycles. The van der Waals surface area contributed by atoms with E-state index < -0.39 is 0 Å². The zero-order valence-corrected chi connectivity index (χ0v) is 9.21. The Bertz CT molecular complexity index is 397. The van der Waals surface area contributed by atoms with E-state index in [1.165, 1.54) is 0 Å². The summed E-state index contributed by atoms with van der Waals surface area (Å²) in [5, 5.41) is 3.32. The first-order chi connectivity index (χ1) is 6.93. The molecule has 1 aliphatic heterocycles. The fourth-order valence-corrected chi connectivity index (χ4v) is 1.58. The molecule has 3 rings (SSSR count). The second kappa shape index (κ2) is 3.98. The van der Waals surface area contributed by atoms with Crippen molar-refractivity contribution in [3.8, 4) is 11.5 Å². The third-order valence-electron chi connectivity index (χ3n) is 2.26. The molecule has 1 aliphatic rings. The van der Waals surface area contributed by atoms with E-state index in [1.807, 2.05) is 48.5 Å². The Kier molecular flexibility index (Phi) is 2.68. The maximum Gasteiger partial charge on any atom is 0.150 e. The topological polar surface area (TPSA) is 21.3 Å². The predicted octanol–water partition coefficient (Wildman–Crippen LogP) is 3.53. The van der Waals surface area contributed by atoms with Gasteiger partial charge in [-0.3, -0.25) is 0 Å². The summed E-state index contributed by atoms with van der Waals surface area (Å²) in [7, 11) is 0. The second-order valence-corrected chi connectivity index (χ2v) is 3.22. The molecule has 0 bridgehead atoms. The van der Waals surface area contributed by atoms with Gasteiger partial charge in [-0.2, -0.15) is 0 Å². The second-order valence-electron chi connectivity index (χ2n) is 3.22. The van der Waals surface area contributed by atoms with E-state index in [2.05, 4.69) is 5.32 Å². The van der Waals surface area contributed by atoms with Gasteiger partial charge in [0.2, 0.25) is 0 Å². The minimum atomic E-state index is 0. The van der Waals surface area contributed by atoms with E-state index in [1.54, 1.807) is 0 Å². The van der Waals surface area contributed by atoms with E-state index in [0.29, 0.717) is 0 Å². The molecular weight excluding hydrogens is 226 g/mol. The Morgan fingerprint density at radius 1 is 0.733 bits per heavy atom. The first-order valence-corrected chi connectivity index (χ1v) is 4.56. The normalized spacial score (nSPS) is 11.2. The molecule has 2 aromatic carbocycles. The van der Waals surface area contributed by atoms with E-state index in [0.717, 1.165) is 22.9 Å². The van der Waals surface area contributed by atoms with Crippen molar-refractivity contribution in [2.75, 3.05) is 5.32 Å². The number of benzene rings is 2. The van der Waals surface area contributed by atoms with Gasteiger partial charge in [0.05, 0.1) is 11.4 Å². The van der Waals surface area contributed by atoms with Crippen molar-refractivity contribution in [3.63, 3.8) is 0 Å². The molecule has 0 atom stereocenters. The third-order valence-corrected chi connectivity index (χ3v) is 2.26. The van der Waals surface area contributed by atoms with Crippen molar-refractivity contribution >= 4 is 11.4 Å². The molecule has 0 radical (unpaired) electrons. The number of fused-ring (bicyclic) bond motifs is 2. The molecular formula is C12H9CrNO. The quantitative estimate of drug-likeness (QED) is 0.643. The third kappa shape index (κ3) is 1.72. The molecule has 2 aromatic rings. The summed E-state index contributed by atoms with van der Waals surface area (Å²) in [4.78, 5) is 0. The smallest absolute Gasteiger partial charge is 0.150 e. The van der Waals surface area contributed by atoms with Crippen molar-refractivity contribution < 1.29 is 22.1 Å². The average molecular weight is 235 g/mol. The van der Waals surface area contributed by atoms with Crippen LogP contribution in [0.5, 0.6) is 11.5 Å². The summed E-state index contributed by atoms with van der Waals surface area (Å²) >= 11 is 0. The van der Waals surface area contributed by atoms with Crippen LogP contribution in [0.25, 0.3) is 0 Å². The zero-order valence-electron chi connectivity index (χ0n) is 7.94. The van der Waals surface area contributed by atoms with Crippen LogP contribution in [-0.2, 0) is 17.4 Å². The molecule has 0 saturated heterocycles. The van der Waals surface area contributed by atoms with Gasteiger partial charge in [-0.1, -0.05) is 24.3 Å². The molecule has 1 heterocycles. The first kappa shape index (κ1) is 10.1. The Morgan fingerprint density at radius 2 is 1.20 bits per heavy atom. The Hall–Kier alpha value is -1.43. The van der Waals surface area contributed by atoms with Gasteiger partial charge in [-0.25, -0.2) is 0 Å². The van der Waals surface area contributed by atoms with Crippen LogP contribution in [0, 0.1) is 0 Å². The van der Waals surface area contributed by atoms with E-state index in [4.69, 9.17) is 4.74 Å². The van der Waals surface area contributed by atoms with Crippen LogP contribution < -0.4 is 10.1 Å². The molecule has 0 saturated carbocycles. The van der Waals surface area contributed by atoms with E-state index in [-0.39, 0.29) is 17.4 Å². The number of hydrogen-bond acceptors (Lipinski definition) is 2. The van der Waals surface area contributed by atoms with Gasteiger partial charge in [0, 0.05) is 17.4 Å². The van der Waals surface area contributed by atoms with Crippen LogP contribution in [-0.4, -0.2) is 0 Å². The van der Waals surface area contributed by atoms with Crippen LogP contribution in [0.3, 0.4) is 0 Å². The summed E-state index contributed by atoms with van der Waals surface area (Å²) < 4.78 is 5.71. The van der Waals surface area contributed by atoms with Gasteiger partial charge < -0.3 is 10.1 Å². The van der Waals surface area contributed by atoms with Gasteiger partial charge in [-0.15, -0.1) is 0 Å². The number of para-hydroxylation sites is 4. The van der Waals surface area contributed by atoms with Crippen molar-refractivity contribution in [3.05, 3.63) is 48.5 Å². The van der Waals surface area contributed by atoms with Gasteiger partial charge in [0.1, 0.15) is 0 Å². The van der Waals surface area contributed by atoms with Crippen molar-refractivity contribution in [2.24, 2.45) is 0 Å². The number of anilines is 2. The summed E-state index contributed by atoms with van der Waals surface area (Å²) in [5.41, 5.74) is 2.04. The zero-order chi connectivity index (χ0) is 9.38. The summed E-state index contributed by atoms with van der Waals surface area (Å²) in [6.45, 7) is 0. The summed E-state index contributed by atoms with van der Waals surface area (Å²) in [6.07, 6.45) is 0. The summed E-state index contributed by atoms with van der Waals surface area (Å²) in [5.74, 6) is 1.76. The molecule has 15 heavy (non-hydrogen) atoms. The molecule has 0 spiro atoms. The molecule has 0 amide bonds. The number of nitrogens with one attached hydrogen (secondary N) is 1. The Labute approximate surface area is 99.0 Å². The minimum Gasteiger partial charge on any atom is -0.453 e. The Morgan fingerprint density at radius 3 is 1.73 bits per heavy atom. The molecule has 0 unspecified atom stereocenters. The SMILES string of the molecule is [Cr].c1ccc2c(c1)Nc1ccccc1O2. The summed E-state index contributed by atoms with van der Waals surface area (Å²) in [6, 6.07) is 15.8. The molecule has 74 valence electrons.